The summed E-state index contributed by atoms with van der Waals surface area (Å²) in [5.74, 6) is 1.85. The minimum Gasteiger partial charge on any atom is -0.504 e. The molecule has 0 radical (unpaired) electrons. The Hall–Kier alpha value is -0.830. The zero-order chi connectivity index (χ0) is 14.3. The minimum absolute atomic E-state index is 0.222. The topological polar surface area (TPSA) is 29.5 Å². The second-order valence-electron chi connectivity index (χ2n) is 5.39. The predicted octanol–water partition coefficient (Wildman–Crippen LogP) is 5.10. The third-order valence-electron chi connectivity index (χ3n) is 3.73. The van der Waals surface area contributed by atoms with Crippen molar-refractivity contribution in [2.75, 3.05) is 12.9 Å². The van der Waals surface area contributed by atoms with Crippen LogP contribution in [0.25, 0.3) is 0 Å². The summed E-state index contributed by atoms with van der Waals surface area (Å²) in [4.78, 5) is 1.11. The largest absolute Gasteiger partial charge is 0.504 e. The van der Waals surface area contributed by atoms with Crippen LogP contribution in [0.3, 0.4) is 0 Å². The van der Waals surface area contributed by atoms with Gasteiger partial charge >= 0.3 is 0 Å². The van der Waals surface area contributed by atoms with Crippen LogP contribution in [0.4, 0.5) is 0 Å². The van der Waals surface area contributed by atoms with E-state index in [-0.39, 0.29) is 5.75 Å². The van der Waals surface area contributed by atoms with Crippen LogP contribution in [0.1, 0.15) is 46.5 Å². The molecule has 2 nitrogen and oxygen atoms in total. The van der Waals surface area contributed by atoms with Gasteiger partial charge in [-0.15, -0.1) is 11.8 Å². The summed E-state index contributed by atoms with van der Waals surface area (Å²) < 4.78 is 5.06. The number of hydrogen-bond donors (Lipinski definition) is 1. The molecule has 1 aromatic rings. The van der Waals surface area contributed by atoms with Crippen LogP contribution in [-0.2, 0) is 0 Å². The van der Waals surface area contributed by atoms with E-state index in [2.05, 4.69) is 20.8 Å². The fourth-order valence-electron chi connectivity index (χ4n) is 1.97. The molecule has 0 bridgehead atoms. The fraction of sp³-hybridized carbons (Fsp3) is 0.625. The molecule has 0 saturated carbocycles. The van der Waals surface area contributed by atoms with Crippen LogP contribution in [0.5, 0.6) is 11.5 Å². The normalized spacial score (nSPS) is 14.1. The number of benzene rings is 1. The van der Waals surface area contributed by atoms with Crippen molar-refractivity contribution in [2.45, 2.75) is 51.3 Å². The molecule has 19 heavy (non-hydrogen) atoms. The van der Waals surface area contributed by atoms with Gasteiger partial charge in [0.15, 0.2) is 11.5 Å². The first kappa shape index (κ1) is 16.2. The molecule has 0 aliphatic rings. The van der Waals surface area contributed by atoms with Crippen molar-refractivity contribution in [3.05, 3.63) is 18.2 Å². The number of phenolic OH excluding ortho intramolecular Hbond substituents is 1. The Kier molecular flexibility index (Phi) is 6.56. The summed E-state index contributed by atoms with van der Waals surface area (Å²) in [6, 6.07) is 5.63. The van der Waals surface area contributed by atoms with Gasteiger partial charge in [0.25, 0.3) is 0 Å². The van der Waals surface area contributed by atoms with Gasteiger partial charge in [0.1, 0.15) is 0 Å². The molecule has 1 aromatic carbocycles. The Bertz CT molecular complexity index is 392. The van der Waals surface area contributed by atoms with Crippen LogP contribution in [0, 0.1) is 5.41 Å². The Morgan fingerprint density at radius 2 is 2.05 bits per heavy atom. The van der Waals surface area contributed by atoms with Crippen LogP contribution >= 0.6 is 11.8 Å². The van der Waals surface area contributed by atoms with Gasteiger partial charge in [0.2, 0.25) is 0 Å². The van der Waals surface area contributed by atoms with E-state index < -0.39 is 0 Å². The summed E-state index contributed by atoms with van der Waals surface area (Å²) >= 11 is 1.82. The monoisotopic (exact) mass is 282 g/mol. The Morgan fingerprint density at radius 1 is 1.32 bits per heavy atom. The standard InChI is InChI=1S/C16H26O2S/c1-5-7-10-16(3,6-2)12-19-13-8-9-15(18-4)14(17)11-13/h8-9,11,17H,5-7,10,12H2,1-4H3/t16-/m0/s1. The van der Waals surface area contributed by atoms with E-state index in [1.54, 1.807) is 13.2 Å². The Balaban J connectivity index is 2.61. The molecule has 0 amide bonds. The average molecular weight is 282 g/mol. The van der Waals surface area contributed by atoms with Gasteiger partial charge in [-0.2, -0.15) is 0 Å². The van der Waals surface area contributed by atoms with Crippen molar-refractivity contribution in [1.82, 2.24) is 0 Å². The minimum atomic E-state index is 0.222. The molecular formula is C16H26O2S. The molecule has 1 N–H and O–H groups in total. The number of thioether (sulfide) groups is 1. The zero-order valence-electron chi connectivity index (χ0n) is 12.5. The maximum atomic E-state index is 9.78. The number of methoxy groups -OCH3 is 1. The second-order valence-corrected chi connectivity index (χ2v) is 6.44. The molecule has 0 aliphatic carbocycles. The highest BCUT2D eigenvalue weighted by Gasteiger charge is 2.21. The third-order valence-corrected chi connectivity index (χ3v) is 5.15. The molecule has 3 heteroatoms. The maximum absolute atomic E-state index is 9.78. The first-order chi connectivity index (χ1) is 9.04. The molecule has 0 unspecified atom stereocenters. The van der Waals surface area contributed by atoms with Gasteiger partial charge in [-0.1, -0.05) is 33.6 Å². The summed E-state index contributed by atoms with van der Waals surface area (Å²) in [6.45, 7) is 6.87. The van der Waals surface area contributed by atoms with E-state index >= 15 is 0 Å². The van der Waals surface area contributed by atoms with Gasteiger partial charge < -0.3 is 9.84 Å². The van der Waals surface area contributed by atoms with E-state index in [9.17, 15) is 5.11 Å². The second kappa shape index (κ2) is 7.68. The lowest BCUT2D eigenvalue weighted by Gasteiger charge is -2.27. The highest BCUT2D eigenvalue weighted by atomic mass is 32.2. The molecular weight excluding hydrogens is 256 g/mol. The summed E-state index contributed by atoms with van der Waals surface area (Å²) in [7, 11) is 1.57. The fourth-order valence-corrected chi connectivity index (χ4v) is 3.19. The number of ether oxygens (including phenoxy) is 1. The van der Waals surface area contributed by atoms with Gasteiger partial charge in [0, 0.05) is 10.6 Å². The average Bonchev–Trinajstić information content (AvgIpc) is 2.43. The van der Waals surface area contributed by atoms with Crippen molar-refractivity contribution >= 4 is 11.8 Å². The highest BCUT2D eigenvalue weighted by molar-refractivity contribution is 7.99. The number of aromatic hydroxyl groups is 1. The predicted molar refractivity (Wildman–Crippen MR) is 83.3 cm³/mol. The van der Waals surface area contributed by atoms with E-state index in [1.807, 2.05) is 23.9 Å². The van der Waals surface area contributed by atoms with Crippen molar-refractivity contribution in [1.29, 1.82) is 0 Å². The zero-order valence-corrected chi connectivity index (χ0v) is 13.3. The summed E-state index contributed by atoms with van der Waals surface area (Å²) in [5.41, 5.74) is 0.385. The molecule has 0 heterocycles. The van der Waals surface area contributed by atoms with Crippen molar-refractivity contribution < 1.29 is 9.84 Å². The third kappa shape index (κ3) is 4.98. The van der Waals surface area contributed by atoms with Crippen LogP contribution in [0.15, 0.2) is 23.1 Å². The van der Waals surface area contributed by atoms with E-state index in [1.165, 1.54) is 25.7 Å². The molecule has 1 rings (SSSR count). The number of unbranched alkanes of at least 4 members (excludes halogenated alkanes) is 1. The van der Waals surface area contributed by atoms with Gasteiger partial charge in [0.05, 0.1) is 7.11 Å². The lowest BCUT2D eigenvalue weighted by molar-refractivity contribution is 0.320. The van der Waals surface area contributed by atoms with Crippen LogP contribution < -0.4 is 4.74 Å². The quantitative estimate of drug-likeness (QED) is 0.673. The lowest BCUT2D eigenvalue weighted by atomic mass is 9.84. The number of rotatable bonds is 8. The van der Waals surface area contributed by atoms with Gasteiger partial charge in [-0.25, -0.2) is 0 Å². The summed E-state index contributed by atoms with van der Waals surface area (Å²) in [5, 5.41) is 9.78. The number of hydrogen-bond acceptors (Lipinski definition) is 3. The van der Waals surface area contributed by atoms with Crippen LogP contribution in [-0.4, -0.2) is 18.0 Å². The van der Waals surface area contributed by atoms with Crippen molar-refractivity contribution in [2.24, 2.45) is 5.41 Å². The molecule has 108 valence electrons. The molecule has 0 saturated heterocycles. The van der Waals surface area contributed by atoms with Gasteiger partial charge in [-0.05, 0) is 36.5 Å². The van der Waals surface area contributed by atoms with E-state index in [4.69, 9.17) is 4.74 Å². The maximum Gasteiger partial charge on any atom is 0.160 e. The first-order valence-electron chi connectivity index (χ1n) is 7.04. The smallest absolute Gasteiger partial charge is 0.160 e. The SMILES string of the molecule is CCCC[C@](C)(CC)CSc1ccc(OC)c(O)c1. The van der Waals surface area contributed by atoms with Crippen molar-refractivity contribution in [3.8, 4) is 11.5 Å². The molecule has 0 aromatic heterocycles. The lowest BCUT2D eigenvalue weighted by Crippen LogP contribution is -2.18. The van der Waals surface area contributed by atoms with E-state index in [0.29, 0.717) is 11.2 Å². The van der Waals surface area contributed by atoms with Gasteiger partial charge in [-0.3, -0.25) is 0 Å². The Morgan fingerprint density at radius 3 is 2.58 bits per heavy atom. The highest BCUT2D eigenvalue weighted by Crippen LogP contribution is 2.37. The van der Waals surface area contributed by atoms with Crippen molar-refractivity contribution in [3.63, 3.8) is 0 Å². The van der Waals surface area contributed by atoms with Crippen LogP contribution in [0.2, 0.25) is 0 Å². The Labute approximate surface area is 121 Å². The number of phenols is 1. The first-order valence-corrected chi connectivity index (χ1v) is 8.03. The molecule has 0 aliphatic heterocycles. The summed E-state index contributed by atoms with van der Waals surface area (Å²) in [6.07, 6.45) is 5.01. The molecule has 0 fully saturated rings. The molecule has 0 spiro atoms. The van der Waals surface area contributed by atoms with E-state index in [0.717, 1.165) is 10.6 Å². The molecule has 1 atom stereocenters.